The van der Waals surface area contributed by atoms with Gasteiger partial charge in [-0.15, -0.1) is 10.2 Å². The number of nitrogens with zero attached hydrogens (tertiary/aromatic N) is 3. The summed E-state index contributed by atoms with van der Waals surface area (Å²) in [6.07, 6.45) is 3.60. The van der Waals surface area contributed by atoms with Gasteiger partial charge in [0.2, 0.25) is 0 Å². The van der Waals surface area contributed by atoms with Crippen molar-refractivity contribution in [1.29, 1.82) is 0 Å². The molecule has 0 aliphatic carbocycles. The van der Waals surface area contributed by atoms with Gasteiger partial charge in [-0.25, -0.2) is 0 Å². The fraction of sp³-hybridized carbons (Fsp3) is 0.231. The van der Waals surface area contributed by atoms with Gasteiger partial charge in [0.15, 0.2) is 10.8 Å². The average Bonchev–Trinajstić information content (AvgIpc) is 3.05. The quantitative estimate of drug-likeness (QED) is 0.740. The Morgan fingerprint density at radius 2 is 2.16 bits per heavy atom. The maximum atomic E-state index is 6.05. The van der Waals surface area contributed by atoms with Crippen LogP contribution in [0.3, 0.4) is 0 Å². The van der Waals surface area contributed by atoms with E-state index in [9.17, 15) is 0 Å². The van der Waals surface area contributed by atoms with E-state index in [2.05, 4.69) is 10.2 Å². The molecule has 0 saturated carbocycles. The first kappa shape index (κ1) is 12.3. The Morgan fingerprint density at radius 1 is 1.26 bits per heavy atom. The maximum Gasteiger partial charge on any atom is 0.196 e. The molecule has 2 unspecified atom stereocenters. The predicted octanol–water partition coefficient (Wildman–Crippen LogP) is 2.50. The summed E-state index contributed by atoms with van der Waals surface area (Å²) in [4.78, 5) is 0. The molecule has 6 heteroatoms. The zero-order valence-electron chi connectivity index (χ0n) is 10.4. The molecule has 2 atom stereocenters. The molecule has 0 spiro atoms. The highest BCUT2D eigenvalue weighted by molar-refractivity contribution is 7.99. The van der Waals surface area contributed by atoms with E-state index in [1.54, 1.807) is 18.0 Å². The molecule has 0 aliphatic rings. The average molecular weight is 274 g/mol. The molecule has 0 aliphatic heterocycles. The molecule has 98 valence electrons. The van der Waals surface area contributed by atoms with Gasteiger partial charge in [0, 0.05) is 12.2 Å². The van der Waals surface area contributed by atoms with Gasteiger partial charge in [-0.3, -0.25) is 4.40 Å². The molecule has 5 nitrogen and oxygen atoms in total. The number of rotatable bonds is 4. The summed E-state index contributed by atoms with van der Waals surface area (Å²) < 4.78 is 7.41. The van der Waals surface area contributed by atoms with Gasteiger partial charge in [-0.1, -0.05) is 17.8 Å². The summed E-state index contributed by atoms with van der Waals surface area (Å²) >= 11 is 1.56. The Kier molecular flexibility index (Phi) is 3.27. The van der Waals surface area contributed by atoms with Crippen LogP contribution in [0.5, 0.6) is 0 Å². The van der Waals surface area contributed by atoms with Crippen molar-refractivity contribution in [3.8, 4) is 0 Å². The number of nitrogens with two attached hydrogens (primary N) is 1. The van der Waals surface area contributed by atoms with Crippen LogP contribution in [0.25, 0.3) is 5.65 Å². The lowest BCUT2D eigenvalue weighted by molar-refractivity contribution is 0.486. The fourth-order valence-corrected chi connectivity index (χ4v) is 2.94. The first-order valence-electron chi connectivity index (χ1n) is 6.01. The fourth-order valence-electron chi connectivity index (χ4n) is 1.89. The third kappa shape index (κ3) is 2.36. The molecule has 2 N–H and O–H groups in total. The van der Waals surface area contributed by atoms with Crippen molar-refractivity contribution in [2.45, 2.75) is 23.4 Å². The van der Waals surface area contributed by atoms with Crippen molar-refractivity contribution in [3.05, 3.63) is 48.6 Å². The van der Waals surface area contributed by atoms with Gasteiger partial charge in [-0.05, 0) is 31.2 Å². The van der Waals surface area contributed by atoms with Crippen LogP contribution in [-0.4, -0.2) is 20.6 Å². The molecule has 3 aromatic heterocycles. The lowest BCUT2D eigenvalue weighted by Gasteiger charge is -2.16. The first-order chi connectivity index (χ1) is 9.25. The summed E-state index contributed by atoms with van der Waals surface area (Å²) in [5.41, 5.74) is 6.88. The standard InChI is InChI=1S/C13H14N4OS/c1-9(14)12(10-5-4-8-18-10)19-13-16-15-11-6-2-3-7-17(11)13/h2-9,12H,14H2,1H3. The number of thioether (sulfide) groups is 1. The Bertz CT molecular complexity index is 662. The molecule has 0 radical (unpaired) electrons. The minimum atomic E-state index is -0.0489. The van der Waals surface area contributed by atoms with Gasteiger partial charge >= 0.3 is 0 Å². The van der Waals surface area contributed by atoms with E-state index in [1.165, 1.54) is 0 Å². The van der Waals surface area contributed by atoms with Crippen LogP contribution in [0.4, 0.5) is 0 Å². The normalized spacial score (nSPS) is 14.6. The molecule has 3 heterocycles. The number of furan rings is 1. The number of pyridine rings is 1. The number of hydrogen-bond donors (Lipinski definition) is 1. The largest absolute Gasteiger partial charge is 0.468 e. The summed E-state index contributed by atoms with van der Waals surface area (Å²) in [6, 6.07) is 9.57. The van der Waals surface area contributed by atoms with E-state index in [1.807, 2.05) is 47.9 Å². The first-order valence-corrected chi connectivity index (χ1v) is 6.89. The Hall–Kier alpha value is -1.79. The zero-order valence-corrected chi connectivity index (χ0v) is 11.2. The predicted molar refractivity (Wildman–Crippen MR) is 73.9 cm³/mol. The molecule has 0 fully saturated rings. The smallest absolute Gasteiger partial charge is 0.196 e. The van der Waals surface area contributed by atoms with Gasteiger partial charge in [-0.2, -0.15) is 0 Å². The van der Waals surface area contributed by atoms with Crippen LogP contribution < -0.4 is 5.73 Å². The molecular weight excluding hydrogens is 260 g/mol. The molecule has 0 aromatic carbocycles. The summed E-state index contributed by atoms with van der Waals surface area (Å²) in [6.45, 7) is 1.96. The minimum absolute atomic E-state index is 0.0163. The lowest BCUT2D eigenvalue weighted by atomic mass is 10.2. The van der Waals surface area contributed by atoms with Crippen LogP contribution in [0.1, 0.15) is 17.9 Å². The van der Waals surface area contributed by atoms with Crippen molar-refractivity contribution in [1.82, 2.24) is 14.6 Å². The van der Waals surface area contributed by atoms with E-state index in [0.29, 0.717) is 0 Å². The Morgan fingerprint density at radius 3 is 2.89 bits per heavy atom. The second kappa shape index (κ2) is 5.07. The topological polar surface area (TPSA) is 69.3 Å². The SMILES string of the molecule is CC(N)C(Sc1nnc2ccccn12)c1ccco1. The molecule has 3 aromatic rings. The van der Waals surface area contributed by atoms with Crippen LogP contribution in [-0.2, 0) is 0 Å². The molecular formula is C13H14N4OS. The summed E-state index contributed by atoms with van der Waals surface area (Å²) in [5, 5.41) is 9.17. The van der Waals surface area contributed by atoms with Gasteiger partial charge in [0.25, 0.3) is 0 Å². The van der Waals surface area contributed by atoms with Crippen molar-refractivity contribution < 1.29 is 4.42 Å². The third-order valence-corrected chi connectivity index (χ3v) is 4.22. The van der Waals surface area contributed by atoms with Crippen molar-refractivity contribution in [2.75, 3.05) is 0 Å². The molecule has 0 saturated heterocycles. The highest BCUT2D eigenvalue weighted by Crippen LogP contribution is 2.36. The van der Waals surface area contributed by atoms with Gasteiger partial charge in [0.05, 0.1) is 11.5 Å². The lowest BCUT2D eigenvalue weighted by Crippen LogP contribution is -2.22. The van der Waals surface area contributed by atoms with Crippen molar-refractivity contribution >= 4 is 17.4 Å². The second-order valence-electron chi connectivity index (χ2n) is 4.32. The number of hydrogen-bond acceptors (Lipinski definition) is 5. The van der Waals surface area contributed by atoms with Gasteiger partial charge < -0.3 is 10.2 Å². The zero-order chi connectivity index (χ0) is 13.2. The number of aromatic nitrogens is 3. The maximum absolute atomic E-state index is 6.05. The van der Waals surface area contributed by atoms with E-state index in [-0.39, 0.29) is 11.3 Å². The second-order valence-corrected chi connectivity index (χ2v) is 5.43. The summed E-state index contributed by atoms with van der Waals surface area (Å²) in [7, 11) is 0. The van der Waals surface area contributed by atoms with E-state index >= 15 is 0 Å². The van der Waals surface area contributed by atoms with E-state index in [4.69, 9.17) is 10.2 Å². The van der Waals surface area contributed by atoms with Crippen LogP contribution in [0.15, 0.2) is 52.4 Å². The summed E-state index contributed by atoms with van der Waals surface area (Å²) in [5.74, 6) is 0.854. The van der Waals surface area contributed by atoms with Gasteiger partial charge in [0.1, 0.15) is 5.76 Å². The van der Waals surface area contributed by atoms with Crippen molar-refractivity contribution in [2.24, 2.45) is 5.73 Å². The van der Waals surface area contributed by atoms with Crippen LogP contribution in [0, 0.1) is 0 Å². The molecule has 19 heavy (non-hydrogen) atoms. The molecule has 3 rings (SSSR count). The van der Waals surface area contributed by atoms with Crippen molar-refractivity contribution in [3.63, 3.8) is 0 Å². The molecule has 0 bridgehead atoms. The minimum Gasteiger partial charge on any atom is -0.468 e. The highest BCUT2D eigenvalue weighted by atomic mass is 32.2. The third-order valence-electron chi connectivity index (χ3n) is 2.82. The Balaban J connectivity index is 1.94. The van der Waals surface area contributed by atoms with Crippen LogP contribution in [0.2, 0.25) is 0 Å². The monoisotopic (exact) mass is 274 g/mol. The van der Waals surface area contributed by atoms with E-state index < -0.39 is 0 Å². The molecule has 0 amide bonds. The highest BCUT2D eigenvalue weighted by Gasteiger charge is 2.22. The van der Waals surface area contributed by atoms with E-state index in [0.717, 1.165) is 16.6 Å². The Labute approximate surface area is 114 Å². The number of fused-ring (bicyclic) bond motifs is 1. The van der Waals surface area contributed by atoms with Crippen LogP contribution >= 0.6 is 11.8 Å².